The lowest BCUT2D eigenvalue weighted by Crippen LogP contribution is -2.63. The van der Waals surface area contributed by atoms with Crippen molar-refractivity contribution in [3.05, 3.63) is 12.7 Å². The van der Waals surface area contributed by atoms with Crippen molar-refractivity contribution in [1.82, 2.24) is 0 Å². The van der Waals surface area contributed by atoms with Crippen LogP contribution in [0.25, 0.3) is 0 Å². The minimum absolute atomic E-state index is 0.177. The smallest absolute Gasteiger partial charge is 0.187 e. The van der Waals surface area contributed by atoms with Gasteiger partial charge in [0.1, 0.15) is 36.6 Å². The molecule has 0 spiro atoms. The third-order valence-electron chi connectivity index (χ3n) is 4.67. The fourth-order valence-corrected chi connectivity index (χ4v) is 3.10. The molecular formula is C16H28O10. The molecule has 6 N–H and O–H groups in total. The van der Waals surface area contributed by atoms with E-state index in [0.717, 1.165) is 0 Å². The van der Waals surface area contributed by atoms with E-state index in [9.17, 15) is 30.6 Å². The Hall–Kier alpha value is -0.660. The first-order valence-corrected chi connectivity index (χ1v) is 8.48. The zero-order valence-electron chi connectivity index (χ0n) is 14.5. The van der Waals surface area contributed by atoms with Crippen LogP contribution in [0.1, 0.15) is 6.92 Å². The Balaban J connectivity index is 2.14. The Bertz CT molecular complexity index is 447. The van der Waals surface area contributed by atoms with E-state index < -0.39 is 74.4 Å². The molecule has 10 atom stereocenters. The van der Waals surface area contributed by atoms with E-state index in [4.69, 9.17) is 18.9 Å². The molecule has 0 aromatic heterocycles. The van der Waals surface area contributed by atoms with E-state index in [0.29, 0.717) is 0 Å². The summed E-state index contributed by atoms with van der Waals surface area (Å²) in [6.07, 6.45) is -9.78. The molecule has 0 saturated carbocycles. The van der Waals surface area contributed by atoms with Gasteiger partial charge in [-0.2, -0.15) is 0 Å². The van der Waals surface area contributed by atoms with Crippen molar-refractivity contribution in [2.45, 2.75) is 62.2 Å². The molecular weight excluding hydrogens is 352 g/mol. The van der Waals surface area contributed by atoms with E-state index in [-0.39, 0.29) is 6.61 Å². The lowest BCUT2D eigenvalue weighted by molar-refractivity contribution is -0.350. The highest BCUT2D eigenvalue weighted by molar-refractivity contribution is 4.93. The van der Waals surface area contributed by atoms with Crippen LogP contribution in [-0.4, -0.2) is 106 Å². The quantitative estimate of drug-likeness (QED) is 0.253. The molecule has 4 unspecified atom stereocenters. The molecule has 2 saturated heterocycles. The summed E-state index contributed by atoms with van der Waals surface area (Å²) >= 11 is 0. The minimum Gasteiger partial charge on any atom is -0.394 e. The van der Waals surface area contributed by atoms with Crippen molar-refractivity contribution >= 4 is 0 Å². The van der Waals surface area contributed by atoms with Gasteiger partial charge in [0.15, 0.2) is 12.6 Å². The fourth-order valence-electron chi connectivity index (χ4n) is 3.10. The van der Waals surface area contributed by atoms with Gasteiger partial charge in [-0.15, -0.1) is 6.58 Å². The molecule has 10 heteroatoms. The van der Waals surface area contributed by atoms with Crippen molar-refractivity contribution in [1.29, 1.82) is 0 Å². The van der Waals surface area contributed by atoms with Gasteiger partial charge >= 0.3 is 0 Å². The number of aliphatic hydroxyl groups is 6. The Morgan fingerprint density at radius 3 is 2.04 bits per heavy atom. The summed E-state index contributed by atoms with van der Waals surface area (Å²) < 4.78 is 22.0. The molecule has 2 aliphatic rings. The number of aliphatic hydroxyl groups excluding tert-OH is 6. The first-order valence-electron chi connectivity index (χ1n) is 8.48. The second kappa shape index (κ2) is 9.51. The Morgan fingerprint density at radius 1 is 0.885 bits per heavy atom. The zero-order valence-corrected chi connectivity index (χ0v) is 14.5. The predicted molar refractivity (Wildman–Crippen MR) is 85.7 cm³/mol. The highest BCUT2D eigenvalue weighted by Gasteiger charge is 2.49. The summed E-state index contributed by atoms with van der Waals surface area (Å²) in [7, 11) is 0. The zero-order chi connectivity index (χ0) is 19.4. The number of rotatable bonds is 7. The molecule has 10 nitrogen and oxygen atoms in total. The lowest BCUT2D eigenvalue weighted by Gasteiger charge is -2.46. The second-order valence-corrected chi connectivity index (χ2v) is 6.50. The molecule has 0 bridgehead atoms. The number of hydrogen-bond acceptors (Lipinski definition) is 10. The molecule has 152 valence electrons. The maximum atomic E-state index is 10.4. The van der Waals surface area contributed by atoms with E-state index in [2.05, 4.69) is 6.58 Å². The van der Waals surface area contributed by atoms with Gasteiger partial charge in [-0.1, -0.05) is 13.0 Å². The second-order valence-electron chi connectivity index (χ2n) is 6.50. The maximum Gasteiger partial charge on any atom is 0.187 e. The molecule has 2 aliphatic heterocycles. The van der Waals surface area contributed by atoms with Gasteiger partial charge in [-0.25, -0.2) is 0 Å². The van der Waals surface area contributed by atoms with Gasteiger partial charge < -0.3 is 49.6 Å². The summed E-state index contributed by atoms with van der Waals surface area (Å²) in [5, 5.41) is 58.9. The average molecular weight is 380 g/mol. The van der Waals surface area contributed by atoms with Crippen molar-refractivity contribution in [3.63, 3.8) is 0 Å². The van der Waals surface area contributed by atoms with Gasteiger partial charge in [0.25, 0.3) is 0 Å². The molecule has 2 rings (SSSR count). The first kappa shape index (κ1) is 21.6. The van der Waals surface area contributed by atoms with Gasteiger partial charge in [0.2, 0.25) is 0 Å². The molecule has 0 aliphatic carbocycles. The van der Waals surface area contributed by atoms with E-state index >= 15 is 0 Å². The molecule has 0 aromatic carbocycles. The average Bonchev–Trinajstić information content (AvgIpc) is 2.64. The van der Waals surface area contributed by atoms with Crippen LogP contribution in [-0.2, 0) is 18.9 Å². The maximum absolute atomic E-state index is 10.4. The highest BCUT2D eigenvalue weighted by Crippen LogP contribution is 2.32. The van der Waals surface area contributed by atoms with Crippen LogP contribution in [0.2, 0.25) is 0 Å². The van der Waals surface area contributed by atoms with Crippen LogP contribution in [0, 0.1) is 5.92 Å². The molecule has 0 amide bonds. The highest BCUT2D eigenvalue weighted by atomic mass is 16.7. The Morgan fingerprint density at radius 2 is 1.46 bits per heavy atom. The third-order valence-corrected chi connectivity index (χ3v) is 4.67. The minimum atomic E-state index is -1.60. The standard InChI is InChI=1S/C16H28O10/c1-3-4-23-15-7(2)14(11(20)9(6-18)24-15)26-16-13(22)12(21)10(19)8(5-17)25-16/h3,7-22H,1,4-6H2,2H3/t7?,8?,9?,10-,11-,12-,13?,14+,15-,16-/m0/s1. The lowest BCUT2D eigenvalue weighted by atomic mass is 9.91. The largest absolute Gasteiger partial charge is 0.394 e. The SMILES string of the molecule is C=CCO[C@H]1OC(CO)[C@H](O)[C@H](O[C@@H]2OC(CO)[C@H](O)[C@H](O)C2O)C1C. The van der Waals surface area contributed by atoms with E-state index in [1.54, 1.807) is 6.92 Å². The van der Waals surface area contributed by atoms with Crippen molar-refractivity contribution in [3.8, 4) is 0 Å². The van der Waals surface area contributed by atoms with Gasteiger partial charge in [-0.05, 0) is 0 Å². The van der Waals surface area contributed by atoms with Crippen molar-refractivity contribution < 1.29 is 49.6 Å². The molecule has 0 aromatic rings. The van der Waals surface area contributed by atoms with Gasteiger partial charge in [0, 0.05) is 5.92 Å². The number of hydrogen-bond donors (Lipinski definition) is 6. The Labute approximate surface area is 151 Å². The monoisotopic (exact) mass is 380 g/mol. The summed E-state index contributed by atoms with van der Waals surface area (Å²) in [4.78, 5) is 0. The Kier molecular flexibility index (Phi) is 7.91. The summed E-state index contributed by atoms with van der Waals surface area (Å²) in [6.45, 7) is 4.31. The topological polar surface area (TPSA) is 158 Å². The van der Waals surface area contributed by atoms with Crippen LogP contribution < -0.4 is 0 Å². The van der Waals surface area contributed by atoms with Crippen LogP contribution in [0.4, 0.5) is 0 Å². The summed E-state index contributed by atoms with van der Waals surface area (Å²) in [5.41, 5.74) is 0. The summed E-state index contributed by atoms with van der Waals surface area (Å²) in [6, 6.07) is 0. The van der Waals surface area contributed by atoms with Crippen LogP contribution in [0.3, 0.4) is 0 Å². The van der Waals surface area contributed by atoms with Crippen molar-refractivity contribution in [2.75, 3.05) is 19.8 Å². The summed E-state index contributed by atoms with van der Waals surface area (Å²) in [5.74, 6) is -0.528. The van der Waals surface area contributed by atoms with E-state index in [1.807, 2.05) is 0 Å². The molecule has 0 radical (unpaired) electrons. The van der Waals surface area contributed by atoms with Crippen molar-refractivity contribution in [2.24, 2.45) is 5.92 Å². The fraction of sp³-hybridized carbons (Fsp3) is 0.875. The van der Waals surface area contributed by atoms with Gasteiger partial charge in [0.05, 0.1) is 25.9 Å². The van der Waals surface area contributed by atoms with Crippen LogP contribution in [0.5, 0.6) is 0 Å². The molecule has 2 heterocycles. The van der Waals surface area contributed by atoms with Crippen LogP contribution >= 0.6 is 0 Å². The molecule has 2 fully saturated rings. The third kappa shape index (κ3) is 4.42. The van der Waals surface area contributed by atoms with Gasteiger partial charge in [-0.3, -0.25) is 0 Å². The normalized spacial score (nSPS) is 46.9. The first-order chi connectivity index (χ1) is 12.3. The molecule has 26 heavy (non-hydrogen) atoms. The van der Waals surface area contributed by atoms with Crippen LogP contribution in [0.15, 0.2) is 12.7 Å². The van der Waals surface area contributed by atoms with E-state index in [1.165, 1.54) is 6.08 Å². The predicted octanol–water partition coefficient (Wildman–Crippen LogP) is -2.91. The number of ether oxygens (including phenoxy) is 4.